The molecule has 0 unspecified atom stereocenters. The maximum atomic E-state index is 11.5. The van der Waals surface area contributed by atoms with Gasteiger partial charge in [0.2, 0.25) is 0 Å². The number of imidazole rings is 1. The largest absolute Gasteiger partial charge is 0.465 e. The Morgan fingerprint density at radius 3 is 2.93 bits per heavy atom. The van der Waals surface area contributed by atoms with Crippen LogP contribution in [0.1, 0.15) is 16.2 Å². The maximum absolute atomic E-state index is 11.5. The molecule has 0 spiro atoms. The van der Waals surface area contributed by atoms with Gasteiger partial charge in [0, 0.05) is 4.47 Å². The first-order valence-corrected chi connectivity index (χ1v) is 5.16. The van der Waals surface area contributed by atoms with E-state index in [0.29, 0.717) is 11.1 Å². The lowest BCUT2D eigenvalue weighted by Crippen LogP contribution is -2.02. The van der Waals surface area contributed by atoms with Gasteiger partial charge in [0.25, 0.3) is 0 Å². The number of halogens is 1. The standard InChI is InChI=1S/C10H9BrN2O2/c1-5-12-8-6(10(14)15-2)3-4-7(11)9(8)13-5/h3-4H,1-2H3,(H,12,13). The molecule has 78 valence electrons. The van der Waals surface area contributed by atoms with Crippen LogP contribution in [0.2, 0.25) is 0 Å². The zero-order valence-corrected chi connectivity index (χ0v) is 9.88. The van der Waals surface area contributed by atoms with Crippen molar-refractivity contribution in [3.8, 4) is 0 Å². The first kappa shape index (κ1) is 10.2. The normalized spacial score (nSPS) is 10.6. The molecule has 0 bridgehead atoms. The zero-order chi connectivity index (χ0) is 11.0. The summed E-state index contributed by atoms with van der Waals surface area (Å²) < 4.78 is 5.55. The smallest absolute Gasteiger partial charge is 0.340 e. The lowest BCUT2D eigenvalue weighted by molar-refractivity contribution is 0.0603. The van der Waals surface area contributed by atoms with Gasteiger partial charge in [-0.2, -0.15) is 0 Å². The molecule has 4 nitrogen and oxygen atoms in total. The predicted octanol–water partition coefficient (Wildman–Crippen LogP) is 2.42. The van der Waals surface area contributed by atoms with Crippen molar-refractivity contribution in [3.63, 3.8) is 0 Å². The average Bonchev–Trinajstić information content (AvgIpc) is 2.60. The molecule has 2 rings (SSSR count). The van der Waals surface area contributed by atoms with E-state index in [1.165, 1.54) is 7.11 Å². The summed E-state index contributed by atoms with van der Waals surface area (Å²) in [6.45, 7) is 1.84. The summed E-state index contributed by atoms with van der Waals surface area (Å²) in [5.41, 5.74) is 1.94. The summed E-state index contributed by atoms with van der Waals surface area (Å²) in [7, 11) is 1.36. The molecular weight excluding hydrogens is 260 g/mol. The number of fused-ring (bicyclic) bond motifs is 1. The number of aromatic amines is 1. The molecule has 1 aromatic carbocycles. The van der Waals surface area contributed by atoms with E-state index >= 15 is 0 Å². The van der Waals surface area contributed by atoms with Crippen LogP contribution in [0, 0.1) is 6.92 Å². The van der Waals surface area contributed by atoms with E-state index in [-0.39, 0.29) is 5.97 Å². The summed E-state index contributed by atoms with van der Waals surface area (Å²) in [4.78, 5) is 18.8. The minimum Gasteiger partial charge on any atom is -0.465 e. The summed E-state index contributed by atoms with van der Waals surface area (Å²) in [5.74, 6) is 0.401. The number of aryl methyl sites for hydroxylation is 1. The number of rotatable bonds is 1. The Labute approximate surface area is 94.8 Å². The van der Waals surface area contributed by atoms with Gasteiger partial charge < -0.3 is 9.72 Å². The quantitative estimate of drug-likeness (QED) is 0.809. The van der Waals surface area contributed by atoms with Crippen molar-refractivity contribution >= 4 is 32.9 Å². The number of hydrogen-bond donors (Lipinski definition) is 1. The highest BCUT2D eigenvalue weighted by Gasteiger charge is 2.14. The number of aromatic nitrogens is 2. The summed E-state index contributed by atoms with van der Waals surface area (Å²) in [6, 6.07) is 3.49. The minimum atomic E-state index is -0.365. The molecule has 15 heavy (non-hydrogen) atoms. The van der Waals surface area contributed by atoms with Gasteiger partial charge in [-0.15, -0.1) is 0 Å². The second-order valence-electron chi connectivity index (χ2n) is 3.13. The number of ether oxygens (including phenoxy) is 1. The fourth-order valence-electron chi connectivity index (χ4n) is 1.46. The van der Waals surface area contributed by atoms with Crippen molar-refractivity contribution in [2.45, 2.75) is 6.92 Å². The van der Waals surface area contributed by atoms with Gasteiger partial charge in [0.1, 0.15) is 11.3 Å². The van der Waals surface area contributed by atoms with E-state index in [1.54, 1.807) is 12.1 Å². The van der Waals surface area contributed by atoms with E-state index in [1.807, 2.05) is 6.92 Å². The Hall–Kier alpha value is -1.36. The second kappa shape index (κ2) is 3.66. The number of benzene rings is 1. The fourth-order valence-corrected chi connectivity index (χ4v) is 1.88. The highest BCUT2D eigenvalue weighted by molar-refractivity contribution is 9.10. The number of H-pyrrole nitrogens is 1. The summed E-state index contributed by atoms with van der Waals surface area (Å²) >= 11 is 3.38. The van der Waals surface area contributed by atoms with Crippen LogP contribution in [0.3, 0.4) is 0 Å². The number of carbonyl (C=O) groups is 1. The minimum absolute atomic E-state index is 0.365. The molecule has 0 saturated heterocycles. The molecule has 1 N–H and O–H groups in total. The van der Waals surface area contributed by atoms with E-state index in [0.717, 1.165) is 15.8 Å². The van der Waals surface area contributed by atoms with Gasteiger partial charge in [0.05, 0.1) is 18.2 Å². The van der Waals surface area contributed by atoms with Crippen LogP contribution in [0.15, 0.2) is 16.6 Å². The molecule has 0 aliphatic rings. The van der Waals surface area contributed by atoms with Gasteiger partial charge in [0.15, 0.2) is 0 Å². The third kappa shape index (κ3) is 1.63. The zero-order valence-electron chi connectivity index (χ0n) is 8.30. The Morgan fingerprint density at radius 1 is 1.53 bits per heavy atom. The number of esters is 1. The van der Waals surface area contributed by atoms with Crippen LogP contribution in [-0.2, 0) is 4.74 Å². The lowest BCUT2D eigenvalue weighted by atomic mass is 10.2. The van der Waals surface area contributed by atoms with Gasteiger partial charge in [-0.25, -0.2) is 9.78 Å². The Morgan fingerprint density at radius 2 is 2.27 bits per heavy atom. The topological polar surface area (TPSA) is 55.0 Å². The van der Waals surface area contributed by atoms with Crippen LogP contribution in [0.4, 0.5) is 0 Å². The first-order chi connectivity index (χ1) is 7.13. The van der Waals surface area contributed by atoms with Crippen LogP contribution in [0.25, 0.3) is 11.0 Å². The van der Waals surface area contributed by atoms with Crippen molar-refractivity contribution in [1.29, 1.82) is 0 Å². The third-order valence-corrected chi connectivity index (χ3v) is 2.76. The molecule has 1 aromatic heterocycles. The third-order valence-electron chi connectivity index (χ3n) is 2.12. The number of hydrogen-bond acceptors (Lipinski definition) is 3. The van der Waals surface area contributed by atoms with E-state index < -0.39 is 0 Å². The monoisotopic (exact) mass is 268 g/mol. The van der Waals surface area contributed by atoms with Gasteiger partial charge in [-0.05, 0) is 35.0 Å². The molecule has 0 aliphatic heterocycles. The van der Waals surface area contributed by atoms with Crippen LogP contribution >= 0.6 is 15.9 Å². The molecule has 0 radical (unpaired) electrons. The molecule has 0 aliphatic carbocycles. The number of methoxy groups -OCH3 is 1. The summed E-state index contributed by atoms with van der Waals surface area (Å²) in [6.07, 6.45) is 0. The molecule has 0 fully saturated rings. The number of nitrogens with one attached hydrogen (secondary N) is 1. The van der Waals surface area contributed by atoms with Gasteiger partial charge >= 0.3 is 5.97 Å². The van der Waals surface area contributed by atoms with Crippen molar-refractivity contribution in [3.05, 3.63) is 28.0 Å². The summed E-state index contributed by atoms with van der Waals surface area (Å²) in [5, 5.41) is 0. The Bertz CT molecular complexity index is 533. The van der Waals surface area contributed by atoms with Gasteiger partial charge in [-0.1, -0.05) is 0 Å². The van der Waals surface area contributed by atoms with Crippen LogP contribution in [0.5, 0.6) is 0 Å². The lowest BCUT2D eigenvalue weighted by Gasteiger charge is -2.00. The first-order valence-electron chi connectivity index (χ1n) is 4.36. The average molecular weight is 269 g/mol. The Balaban J connectivity index is 2.76. The van der Waals surface area contributed by atoms with Crippen molar-refractivity contribution in [2.75, 3.05) is 7.11 Å². The fraction of sp³-hybridized carbons (Fsp3) is 0.200. The molecular formula is C10H9BrN2O2. The van der Waals surface area contributed by atoms with Crippen molar-refractivity contribution in [1.82, 2.24) is 9.97 Å². The SMILES string of the molecule is COC(=O)c1ccc(Br)c2nc(C)[nH]c12. The second-order valence-corrected chi connectivity index (χ2v) is 3.99. The van der Waals surface area contributed by atoms with Crippen molar-refractivity contribution in [2.24, 2.45) is 0 Å². The Kier molecular flexibility index (Phi) is 2.48. The van der Waals surface area contributed by atoms with Crippen molar-refractivity contribution < 1.29 is 9.53 Å². The highest BCUT2D eigenvalue weighted by atomic mass is 79.9. The van der Waals surface area contributed by atoms with E-state index in [2.05, 4.69) is 25.9 Å². The molecule has 2 aromatic rings. The molecule has 0 amide bonds. The molecule has 0 atom stereocenters. The number of carbonyl (C=O) groups excluding carboxylic acids is 1. The van der Waals surface area contributed by atoms with Gasteiger partial charge in [-0.3, -0.25) is 0 Å². The van der Waals surface area contributed by atoms with Crippen LogP contribution in [-0.4, -0.2) is 23.0 Å². The van der Waals surface area contributed by atoms with E-state index in [4.69, 9.17) is 4.74 Å². The molecule has 0 saturated carbocycles. The number of nitrogens with zero attached hydrogens (tertiary/aromatic N) is 1. The van der Waals surface area contributed by atoms with Crippen LogP contribution < -0.4 is 0 Å². The molecule has 1 heterocycles. The highest BCUT2D eigenvalue weighted by Crippen LogP contribution is 2.25. The maximum Gasteiger partial charge on any atom is 0.340 e. The molecule has 5 heteroatoms. The van der Waals surface area contributed by atoms with E-state index in [9.17, 15) is 4.79 Å². The predicted molar refractivity (Wildman–Crippen MR) is 59.9 cm³/mol.